The van der Waals surface area contributed by atoms with Crippen LogP contribution in [0.4, 0.5) is 8.78 Å². The van der Waals surface area contributed by atoms with Crippen LogP contribution >= 0.6 is 15.9 Å². The molecular formula is C15H9BrF2O3. The van der Waals surface area contributed by atoms with Crippen molar-refractivity contribution in [2.75, 3.05) is 0 Å². The number of carboxylic acid groups (broad SMARTS) is 1. The largest absolute Gasteiger partial charge is 0.478 e. The Morgan fingerprint density at radius 2 is 1.95 bits per heavy atom. The van der Waals surface area contributed by atoms with Gasteiger partial charge in [-0.3, -0.25) is 0 Å². The standard InChI is InChI=1S/C15H9BrF2O3/c16-12-8-11(4-1-9(12)2-6-15(19)20)21-14-5-3-10(17)7-13(14)18/h1-8H,(H,19,20)/b6-2+. The first-order valence-corrected chi connectivity index (χ1v) is 6.58. The van der Waals surface area contributed by atoms with E-state index in [-0.39, 0.29) is 5.75 Å². The molecular weight excluding hydrogens is 346 g/mol. The van der Waals surface area contributed by atoms with Crippen molar-refractivity contribution in [3.05, 3.63) is 64.1 Å². The number of carboxylic acids is 1. The van der Waals surface area contributed by atoms with E-state index in [1.54, 1.807) is 18.2 Å². The summed E-state index contributed by atoms with van der Waals surface area (Å²) in [6.07, 6.45) is 2.41. The Labute approximate surface area is 127 Å². The molecule has 1 N–H and O–H groups in total. The fourth-order valence-electron chi connectivity index (χ4n) is 1.55. The van der Waals surface area contributed by atoms with Crippen LogP contribution < -0.4 is 4.74 Å². The molecule has 0 aliphatic heterocycles. The highest BCUT2D eigenvalue weighted by Crippen LogP contribution is 2.29. The Morgan fingerprint density at radius 3 is 2.57 bits per heavy atom. The van der Waals surface area contributed by atoms with Crippen molar-refractivity contribution in [2.45, 2.75) is 0 Å². The van der Waals surface area contributed by atoms with E-state index in [1.807, 2.05) is 0 Å². The molecule has 0 saturated carbocycles. The number of halogens is 3. The second-order valence-electron chi connectivity index (χ2n) is 4.03. The lowest BCUT2D eigenvalue weighted by Crippen LogP contribution is -1.90. The lowest BCUT2D eigenvalue weighted by Gasteiger charge is -2.08. The molecule has 0 aromatic heterocycles. The number of hydrogen-bond acceptors (Lipinski definition) is 2. The average Bonchev–Trinajstić information content (AvgIpc) is 2.41. The van der Waals surface area contributed by atoms with Gasteiger partial charge in [0.25, 0.3) is 0 Å². The second-order valence-corrected chi connectivity index (χ2v) is 4.89. The van der Waals surface area contributed by atoms with Gasteiger partial charge in [0.1, 0.15) is 11.6 Å². The van der Waals surface area contributed by atoms with E-state index >= 15 is 0 Å². The number of aliphatic carboxylic acids is 1. The zero-order chi connectivity index (χ0) is 15.4. The molecule has 0 fully saturated rings. The van der Waals surface area contributed by atoms with Gasteiger partial charge in [-0.1, -0.05) is 22.0 Å². The maximum absolute atomic E-state index is 13.5. The van der Waals surface area contributed by atoms with Crippen molar-refractivity contribution in [3.8, 4) is 11.5 Å². The summed E-state index contributed by atoms with van der Waals surface area (Å²) >= 11 is 3.26. The second kappa shape index (κ2) is 6.49. The van der Waals surface area contributed by atoms with E-state index in [9.17, 15) is 13.6 Å². The summed E-state index contributed by atoms with van der Waals surface area (Å²) in [4.78, 5) is 10.5. The number of ether oxygens (including phenoxy) is 1. The van der Waals surface area contributed by atoms with Gasteiger partial charge < -0.3 is 9.84 Å². The van der Waals surface area contributed by atoms with Crippen molar-refractivity contribution >= 4 is 28.0 Å². The van der Waals surface area contributed by atoms with E-state index < -0.39 is 17.6 Å². The first-order valence-electron chi connectivity index (χ1n) is 5.79. The average molecular weight is 355 g/mol. The number of hydrogen-bond donors (Lipinski definition) is 1. The van der Waals surface area contributed by atoms with Gasteiger partial charge in [0.05, 0.1) is 0 Å². The predicted octanol–water partition coefficient (Wildman–Crippen LogP) is 4.62. The van der Waals surface area contributed by atoms with Crippen LogP contribution in [0.3, 0.4) is 0 Å². The van der Waals surface area contributed by atoms with Crippen LogP contribution in [-0.4, -0.2) is 11.1 Å². The van der Waals surface area contributed by atoms with Gasteiger partial charge in [-0.05, 0) is 35.9 Å². The first kappa shape index (κ1) is 15.2. The highest BCUT2D eigenvalue weighted by Gasteiger charge is 2.07. The van der Waals surface area contributed by atoms with Crippen LogP contribution in [0.1, 0.15) is 5.56 Å². The molecule has 0 amide bonds. The Hall–Kier alpha value is -2.21. The zero-order valence-corrected chi connectivity index (χ0v) is 12.1. The lowest BCUT2D eigenvalue weighted by atomic mass is 10.2. The van der Waals surface area contributed by atoms with E-state index in [0.717, 1.165) is 18.2 Å². The fraction of sp³-hybridized carbons (Fsp3) is 0. The topological polar surface area (TPSA) is 46.5 Å². The van der Waals surface area contributed by atoms with E-state index in [4.69, 9.17) is 9.84 Å². The predicted molar refractivity (Wildman–Crippen MR) is 77.2 cm³/mol. The molecule has 2 aromatic rings. The molecule has 0 radical (unpaired) electrons. The van der Waals surface area contributed by atoms with Gasteiger partial charge in [-0.15, -0.1) is 0 Å². The van der Waals surface area contributed by atoms with Gasteiger partial charge in [0, 0.05) is 16.6 Å². The Morgan fingerprint density at radius 1 is 1.19 bits per heavy atom. The smallest absolute Gasteiger partial charge is 0.328 e. The maximum Gasteiger partial charge on any atom is 0.328 e. The normalized spacial score (nSPS) is 10.8. The third-order valence-electron chi connectivity index (χ3n) is 2.50. The summed E-state index contributed by atoms with van der Waals surface area (Å²) in [5, 5.41) is 8.57. The summed E-state index contributed by atoms with van der Waals surface area (Å²) in [7, 11) is 0. The van der Waals surface area contributed by atoms with Crippen LogP contribution in [0, 0.1) is 11.6 Å². The van der Waals surface area contributed by atoms with Crippen LogP contribution in [0.5, 0.6) is 11.5 Å². The summed E-state index contributed by atoms with van der Waals surface area (Å²) in [5.74, 6) is -2.32. The lowest BCUT2D eigenvalue weighted by molar-refractivity contribution is -0.131. The molecule has 0 unspecified atom stereocenters. The summed E-state index contributed by atoms with van der Waals surface area (Å²) in [6, 6.07) is 7.74. The summed E-state index contributed by atoms with van der Waals surface area (Å²) < 4.78 is 32.2. The molecule has 0 spiro atoms. The molecule has 21 heavy (non-hydrogen) atoms. The molecule has 0 aliphatic rings. The number of rotatable bonds is 4. The molecule has 0 saturated heterocycles. The molecule has 3 nitrogen and oxygen atoms in total. The third-order valence-corrected chi connectivity index (χ3v) is 3.19. The molecule has 2 rings (SSSR count). The fourth-order valence-corrected chi connectivity index (χ4v) is 2.04. The van der Waals surface area contributed by atoms with Gasteiger partial charge in [0.2, 0.25) is 0 Å². The van der Waals surface area contributed by atoms with E-state index in [1.165, 1.54) is 12.1 Å². The minimum absolute atomic E-state index is 0.0999. The van der Waals surface area contributed by atoms with Crippen molar-refractivity contribution < 1.29 is 23.4 Å². The Bertz CT molecular complexity index is 714. The van der Waals surface area contributed by atoms with Crippen LogP contribution in [0.25, 0.3) is 6.08 Å². The van der Waals surface area contributed by atoms with Gasteiger partial charge in [-0.2, -0.15) is 0 Å². The van der Waals surface area contributed by atoms with Crippen LogP contribution in [-0.2, 0) is 4.79 Å². The highest BCUT2D eigenvalue weighted by atomic mass is 79.9. The zero-order valence-electron chi connectivity index (χ0n) is 10.5. The van der Waals surface area contributed by atoms with E-state index in [0.29, 0.717) is 15.8 Å². The molecule has 0 bridgehead atoms. The summed E-state index contributed by atoms with van der Waals surface area (Å²) in [5.41, 5.74) is 0.629. The Balaban J connectivity index is 2.22. The van der Waals surface area contributed by atoms with Gasteiger partial charge in [0.15, 0.2) is 11.6 Å². The molecule has 2 aromatic carbocycles. The SMILES string of the molecule is O=C(O)/C=C/c1ccc(Oc2ccc(F)cc2F)cc1Br. The quantitative estimate of drug-likeness (QED) is 0.815. The molecule has 6 heteroatoms. The van der Waals surface area contributed by atoms with Crippen molar-refractivity contribution in [1.29, 1.82) is 0 Å². The number of carbonyl (C=O) groups is 1. The van der Waals surface area contributed by atoms with Gasteiger partial charge in [-0.25, -0.2) is 13.6 Å². The number of benzene rings is 2. The molecule has 0 atom stereocenters. The highest BCUT2D eigenvalue weighted by molar-refractivity contribution is 9.10. The summed E-state index contributed by atoms with van der Waals surface area (Å²) in [6.45, 7) is 0. The van der Waals surface area contributed by atoms with Crippen molar-refractivity contribution in [1.82, 2.24) is 0 Å². The van der Waals surface area contributed by atoms with Gasteiger partial charge >= 0.3 is 5.97 Å². The van der Waals surface area contributed by atoms with E-state index in [2.05, 4.69) is 15.9 Å². The monoisotopic (exact) mass is 354 g/mol. The molecule has 0 aliphatic carbocycles. The minimum atomic E-state index is -1.06. The third kappa shape index (κ3) is 4.13. The van der Waals surface area contributed by atoms with Crippen LogP contribution in [0.2, 0.25) is 0 Å². The molecule has 108 valence electrons. The molecule has 0 heterocycles. The minimum Gasteiger partial charge on any atom is -0.478 e. The maximum atomic E-state index is 13.5. The van der Waals surface area contributed by atoms with Crippen molar-refractivity contribution in [3.63, 3.8) is 0 Å². The van der Waals surface area contributed by atoms with Crippen molar-refractivity contribution in [2.24, 2.45) is 0 Å². The van der Waals surface area contributed by atoms with Crippen LogP contribution in [0.15, 0.2) is 46.9 Å². The first-order chi connectivity index (χ1) is 9.95. The Kier molecular flexibility index (Phi) is 4.70.